The number of nitrogens with two attached hydrogens (primary N) is 1. The van der Waals surface area contributed by atoms with E-state index in [0.717, 1.165) is 25.7 Å². The lowest BCUT2D eigenvalue weighted by atomic mass is 9.70. The van der Waals surface area contributed by atoms with Gasteiger partial charge in [0, 0.05) is 19.5 Å². The van der Waals surface area contributed by atoms with Crippen molar-refractivity contribution in [2.75, 3.05) is 20.2 Å². The van der Waals surface area contributed by atoms with Gasteiger partial charge in [0.25, 0.3) is 0 Å². The monoisotopic (exact) mass is 270 g/mol. The molecule has 0 bridgehead atoms. The highest BCUT2D eigenvalue weighted by Gasteiger charge is 2.39. The first-order chi connectivity index (χ1) is 9.04. The van der Waals surface area contributed by atoms with Gasteiger partial charge >= 0.3 is 5.97 Å². The van der Waals surface area contributed by atoms with Crippen LogP contribution in [-0.4, -0.2) is 32.1 Å². The Morgan fingerprint density at radius 2 is 2.00 bits per heavy atom. The summed E-state index contributed by atoms with van der Waals surface area (Å²) >= 11 is 0. The largest absolute Gasteiger partial charge is 0.469 e. The minimum atomic E-state index is -0.391. The Morgan fingerprint density at radius 1 is 1.37 bits per heavy atom. The second kappa shape index (κ2) is 7.48. The summed E-state index contributed by atoms with van der Waals surface area (Å²) in [5, 5.41) is 2.91. The van der Waals surface area contributed by atoms with Crippen LogP contribution in [0.4, 0.5) is 0 Å². The number of ether oxygens (including phenoxy) is 1. The summed E-state index contributed by atoms with van der Waals surface area (Å²) in [6, 6.07) is 0. The van der Waals surface area contributed by atoms with Gasteiger partial charge in [0.05, 0.1) is 12.5 Å². The van der Waals surface area contributed by atoms with Crippen molar-refractivity contribution in [3.63, 3.8) is 0 Å². The highest BCUT2D eigenvalue weighted by Crippen LogP contribution is 2.38. The topological polar surface area (TPSA) is 81.4 Å². The van der Waals surface area contributed by atoms with Gasteiger partial charge in [-0.05, 0) is 38.0 Å². The van der Waals surface area contributed by atoms with E-state index in [1.807, 2.05) is 0 Å². The minimum absolute atomic E-state index is 0.0479. The first-order valence-electron chi connectivity index (χ1n) is 7.09. The van der Waals surface area contributed by atoms with Crippen LogP contribution >= 0.6 is 0 Å². The number of rotatable bonds is 6. The van der Waals surface area contributed by atoms with Crippen LogP contribution in [0.15, 0.2) is 0 Å². The van der Waals surface area contributed by atoms with Crippen molar-refractivity contribution in [3.05, 3.63) is 0 Å². The van der Waals surface area contributed by atoms with E-state index in [1.54, 1.807) is 0 Å². The molecular weight excluding hydrogens is 244 g/mol. The molecule has 0 unspecified atom stereocenters. The van der Waals surface area contributed by atoms with E-state index in [1.165, 1.54) is 7.11 Å². The molecule has 0 saturated heterocycles. The third-order valence-corrected chi connectivity index (χ3v) is 4.17. The van der Waals surface area contributed by atoms with Crippen LogP contribution in [0.5, 0.6) is 0 Å². The predicted molar refractivity (Wildman–Crippen MR) is 73.4 cm³/mol. The molecule has 1 saturated carbocycles. The number of esters is 1. The molecule has 110 valence electrons. The Kier molecular flexibility index (Phi) is 6.28. The summed E-state index contributed by atoms with van der Waals surface area (Å²) in [6.45, 7) is 3.13. The Bertz CT molecular complexity index is 310. The van der Waals surface area contributed by atoms with Crippen molar-refractivity contribution in [2.24, 2.45) is 17.1 Å². The zero-order valence-electron chi connectivity index (χ0n) is 12.0. The number of carbonyl (C=O) groups excluding carboxylic acids is 2. The van der Waals surface area contributed by atoms with E-state index in [0.29, 0.717) is 31.8 Å². The Hall–Kier alpha value is -1.10. The van der Waals surface area contributed by atoms with Crippen LogP contribution in [0, 0.1) is 11.3 Å². The maximum Gasteiger partial charge on any atom is 0.305 e. The van der Waals surface area contributed by atoms with Gasteiger partial charge in [-0.25, -0.2) is 0 Å². The van der Waals surface area contributed by atoms with Crippen molar-refractivity contribution in [1.82, 2.24) is 5.32 Å². The van der Waals surface area contributed by atoms with Crippen LogP contribution in [0.2, 0.25) is 0 Å². The van der Waals surface area contributed by atoms with E-state index in [4.69, 9.17) is 5.73 Å². The second-order valence-electron chi connectivity index (χ2n) is 5.60. The summed E-state index contributed by atoms with van der Waals surface area (Å²) in [4.78, 5) is 23.2. The zero-order chi connectivity index (χ0) is 14.3. The van der Waals surface area contributed by atoms with Crippen LogP contribution in [0.25, 0.3) is 0 Å². The van der Waals surface area contributed by atoms with E-state index < -0.39 is 5.41 Å². The molecule has 3 N–H and O–H groups in total. The number of hydrogen-bond acceptors (Lipinski definition) is 4. The molecule has 1 fully saturated rings. The molecule has 0 aromatic rings. The fraction of sp³-hybridized carbons (Fsp3) is 0.857. The normalized spacial score (nSPS) is 26.8. The van der Waals surface area contributed by atoms with Crippen molar-refractivity contribution >= 4 is 11.9 Å². The molecule has 1 aliphatic carbocycles. The Balaban J connectivity index is 2.36. The molecule has 0 aliphatic heterocycles. The van der Waals surface area contributed by atoms with Gasteiger partial charge in [-0.3, -0.25) is 9.59 Å². The highest BCUT2D eigenvalue weighted by molar-refractivity contribution is 5.83. The number of hydrogen-bond donors (Lipinski definition) is 2. The van der Waals surface area contributed by atoms with Crippen LogP contribution in [-0.2, 0) is 14.3 Å². The van der Waals surface area contributed by atoms with Crippen LogP contribution in [0.3, 0.4) is 0 Å². The molecule has 0 atom stereocenters. The highest BCUT2D eigenvalue weighted by atomic mass is 16.5. The van der Waals surface area contributed by atoms with Crippen LogP contribution in [0.1, 0.15) is 45.4 Å². The van der Waals surface area contributed by atoms with Crippen molar-refractivity contribution < 1.29 is 14.3 Å². The summed E-state index contributed by atoms with van der Waals surface area (Å²) in [5.41, 5.74) is 5.43. The Labute approximate surface area is 115 Å². The molecular formula is C14H26N2O3. The molecule has 0 heterocycles. The molecule has 1 amide bonds. The van der Waals surface area contributed by atoms with Crippen molar-refractivity contribution in [1.29, 1.82) is 0 Å². The number of methoxy groups -OCH3 is 1. The van der Waals surface area contributed by atoms with Gasteiger partial charge in [0.2, 0.25) is 5.91 Å². The van der Waals surface area contributed by atoms with Gasteiger partial charge < -0.3 is 15.8 Å². The molecule has 0 radical (unpaired) electrons. The summed E-state index contributed by atoms with van der Waals surface area (Å²) in [5.74, 6) is 0.493. The molecule has 5 nitrogen and oxygen atoms in total. The summed E-state index contributed by atoms with van der Waals surface area (Å²) in [7, 11) is 1.37. The SMILES string of the molecule is COC(=O)CCCNC(=O)C1(CN)CCC(C)CC1. The zero-order valence-corrected chi connectivity index (χ0v) is 12.0. The molecule has 1 rings (SSSR count). The number of carbonyl (C=O) groups is 2. The standard InChI is InChI=1S/C14H26N2O3/c1-11-5-7-14(10-15,8-6-11)13(18)16-9-3-4-12(17)19-2/h11H,3-10,15H2,1-2H3,(H,16,18). The third kappa shape index (κ3) is 4.49. The summed E-state index contributed by atoms with van der Waals surface area (Å²) < 4.78 is 4.55. The van der Waals surface area contributed by atoms with Gasteiger partial charge in [0.15, 0.2) is 0 Å². The summed E-state index contributed by atoms with van der Waals surface area (Å²) in [6.07, 6.45) is 4.81. The Morgan fingerprint density at radius 3 is 2.53 bits per heavy atom. The molecule has 1 aliphatic rings. The number of nitrogens with one attached hydrogen (secondary N) is 1. The smallest absolute Gasteiger partial charge is 0.305 e. The van der Waals surface area contributed by atoms with Gasteiger partial charge in [0.1, 0.15) is 0 Å². The minimum Gasteiger partial charge on any atom is -0.469 e. The second-order valence-corrected chi connectivity index (χ2v) is 5.60. The van der Waals surface area contributed by atoms with Gasteiger partial charge in [-0.15, -0.1) is 0 Å². The third-order valence-electron chi connectivity index (χ3n) is 4.17. The first kappa shape index (κ1) is 16.0. The maximum atomic E-state index is 12.3. The van der Waals surface area contributed by atoms with Crippen molar-refractivity contribution in [2.45, 2.75) is 45.4 Å². The lowest BCUT2D eigenvalue weighted by Crippen LogP contribution is -2.48. The van der Waals surface area contributed by atoms with E-state index in [2.05, 4.69) is 17.0 Å². The maximum absolute atomic E-state index is 12.3. The quantitative estimate of drug-likeness (QED) is 0.561. The average molecular weight is 270 g/mol. The fourth-order valence-corrected chi connectivity index (χ4v) is 2.56. The number of amides is 1. The lowest BCUT2D eigenvalue weighted by molar-refractivity contribution is -0.141. The van der Waals surface area contributed by atoms with Crippen LogP contribution < -0.4 is 11.1 Å². The molecule has 0 spiro atoms. The average Bonchev–Trinajstić information content (AvgIpc) is 2.44. The molecule has 0 aromatic carbocycles. The molecule has 5 heteroatoms. The van der Waals surface area contributed by atoms with Crippen molar-refractivity contribution in [3.8, 4) is 0 Å². The lowest BCUT2D eigenvalue weighted by Gasteiger charge is -2.37. The fourth-order valence-electron chi connectivity index (χ4n) is 2.56. The van der Waals surface area contributed by atoms with E-state index in [9.17, 15) is 9.59 Å². The first-order valence-corrected chi connectivity index (χ1v) is 7.09. The predicted octanol–water partition coefficient (Wildman–Crippen LogP) is 1.21. The van der Waals surface area contributed by atoms with Gasteiger partial charge in [-0.1, -0.05) is 6.92 Å². The molecule has 19 heavy (non-hydrogen) atoms. The van der Waals surface area contributed by atoms with E-state index in [-0.39, 0.29) is 11.9 Å². The molecule has 0 aromatic heterocycles. The van der Waals surface area contributed by atoms with Gasteiger partial charge in [-0.2, -0.15) is 0 Å². The van der Waals surface area contributed by atoms with E-state index >= 15 is 0 Å².